The third-order valence-electron chi connectivity index (χ3n) is 3.62. The number of halogens is 2. The quantitative estimate of drug-likeness (QED) is 0.721. The van der Waals surface area contributed by atoms with Crippen LogP contribution < -0.4 is 10.1 Å². The van der Waals surface area contributed by atoms with E-state index in [2.05, 4.69) is 20.5 Å². The standard InChI is InChI=1S/C18H16ClFN4O/c1-25-17-7-4-13(10-15(17)20)16-11-22-24-18(23-16)21-9-8-12-2-5-14(19)6-3-12/h2-7,10-11H,8-9H2,1H3,(H,21,23,24). The van der Waals surface area contributed by atoms with Crippen LogP contribution in [-0.2, 0) is 6.42 Å². The van der Waals surface area contributed by atoms with E-state index in [0.717, 1.165) is 12.0 Å². The number of aromatic nitrogens is 3. The number of methoxy groups -OCH3 is 1. The van der Waals surface area contributed by atoms with Crippen LogP contribution in [0, 0.1) is 5.82 Å². The Balaban J connectivity index is 1.67. The first-order valence-corrected chi connectivity index (χ1v) is 8.05. The Morgan fingerprint density at radius 2 is 1.96 bits per heavy atom. The molecule has 0 radical (unpaired) electrons. The second-order valence-electron chi connectivity index (χ2n) is 5.32. The molecule has 0 aliphatic carbocycles. The van der Waals surface area contributed by atoms with E-state index in [9.17, 15) is 4.39 Å². The molecule has 0 aliphatic heterocycles. The van der Waals surface area contributed by atoms with Crippen molar-refractivity contribution in [1.29, 1.82) is 0 Å². The summed E-state index contributed by atoms with van der Waals surface area (Å²) in [5, 5.41) is 11.7. The van der Waals surface area contributed by atoms with E-state index in [0.29, 0.717) is 28.8 Å². The van der Waals surface area contributed by atoms with Crippen LogP contribution >= 0.6 is 11.6 Å². The third kappa shape index (κ3) is 4.42. The maximum Gasteiger partial charge on any atom is 0.243 e. The van der Waals surface area contributed by atoms with Gasteiger partial charge in [0.25, 0.3) is 0 Å². The van der Waals surface area contributed by atoms with Gasteiger partial charge < -0.3 is 10.1 Å². The molecule has 128 valence electrons. The normalized spacial score (nSPS) is 10.5. The fourth-order valence-corrected chi connectivity index (χ4v) is 2.44. The van der Waals surface area contributed by atoms with E-state index in [1.54, 1.807) is 12.1 Å². The summed E-state index contributed by atoms with van der Waals surface area (Å²) in [6, 6.07) is 12.3. The highest BCUT2D eigenvalue weighted by Gasteiger charge is 2.08. The fraction of sp³-hybridized carbons (Fsp3) is 0.167. The van der Waals surface area contributed by atoms with E-state index in [4.69, 9.17) is 16.3 Å². The van der Waals surface area contributed by atoms with Gasteiger partial charge >= 0.3 is 0 Å². The number of anilines is 1. The van der Waals surface area contributed by atoms with E-state index >= 15 is 0 Å². The summed E-state index contributed by atoms with van der Waals surface area (Å²) in [7, 11) is 1.42. The number of nitrogens with zero attached hydrogens (tertiary/aromatic N) is 3. The number of hydrogen-bond donors (Lipinski definition) is 1. The molecule has 0 spiro atoms. The predicted molar refractivity (Wildman–Crippen MR) is 95.4 cm³/mol. The molecule has 25 heavy (non-hydrogen) atoms. The van der Waals surface area contributed by atoms with Crippen molar-refractivity contribution >= 4 is 17.5 Å². The molecule has 0 atom stereocenters. The molecule has 1 heterocycles. The van der Waals surface area contributed by atoms with Crippen LogP contribution in [0.15, 0.2) is 48.7 Å². The van der Waals surface area contributed by atoms with Crippen molar-refractivity contribution in [2.75, 3.05) is 19.0 Å². The van der Waals surface area contributed by atoms with Gasteiger partial charge in [-0.2, -0.15) is 5.10 Å². The predicted octanol–water partition coefficient (Wildman–Crippen LogP) is 3.99. The highest BCUT2D eigenvalue weighted by molar-refractivity contribution is 6.30. The summed E-state index contributed by atoms with van der Waals surface area (Å²) in [4.78, 5) is 4.37. The number of hydrogen-bond acceptors (Lipinski definition) is 5. The molecule has 3 rings (SSSR count). The minimum atomic E-state index is -0.448. The van der Waals surface area contributed by atoms with Gasteiger partial charge in [0.15, 0.2) is 11.6 Å². The molecule has 1 aromatic heterocycles. The van der Waals surface area contributed by atoms with E-state index in [1.165, 1.54) is 19.4 Å². The zero-order valence-electron chi connectivity index (χ0n) is 13.5. The number of ether oxygens (including phenoxy) is 1. The average molecular weight is 359 g/mol. The van der Waals surface area contributed by atoms with Crippen molar-refractivity contribution < 1.29 is 9.13 Å². The summed E-state index contributed by atoms with van der Waals surface area (Å²) in [5.41, 5.74) is 2.29. The van der Waals surface area contributed by atoms with Crippen molar-refractivity contribution in [3.05, 3.63) is 65.1 Å². The first-order valence-electron chi connectivity index (χ1n) is 7.67. The molecule has 5 nitrogen and oxygen atoms in total. The van der Waals surface area contributed by atoms with E-state index in [1.807, 2.05) is 24.3 Å². The Labute approximate surface area is 149 Å². The van der Waals surface area contributed by atoms with E-state index < -0.39 is 5.82 Å². The van der Waals surface area contributed by atoms with Gasteiger partial charge in [0.2, 0.25) is 5.95 Å². The summed E-state index contributed by atoms with van der Waals surface area (Å²) < 4.78 is 18.8. The molecule has 2 aromatic carbocycles. The van der Waals surface area contributed by atoms with Crippen molar-refractivity contribution in [3.8, 4) is 17.0 Å². The van der Waals surface area contributed by atoms with Crippen LogP contribution in [0.2, 0.25) is 5.02 Å². The van der Waals surface area contributed by atoms with Crippen LogP contribution in [-0.4, -0.2) is 28.8 Å². The maximum atomic E-state index is 13.8. The smallest absolute Gasteiger partial charge is 0.243 e. The molecule has 0 amide bonds. The van der Waals surface area contributed by atoms with Crippen LogP contribution in [0.4, 0.5) is 10.3 Å². The molecule has 1 N–H and O–H groups in total. The minimum Gasteiger partial charge on any atom is -0.494 e. The van der Waals surface area contributed by atoms with Gasteiger partial charge in [0, 0.05) is 17.1 Å². The zero-order valence-corrected chi connectivity index (χ0v) is 14.3. The Hall–Kier alpha value is -2.73. The highest BCUT2D eigenvalue weighted by atomic mass is 35.5. The lowest BCUT2D eigenvalue weighted by molar-refractivity contribution is 0.386. The van der Waals surface area contributed by atoms with Crippen LogP contribution in [0.3, 0.4) is 0 Å². The van der Waals surface area contributed by atoms with Gasteiger partial charge in [-0.15, -0.1) is 5.10 Å². The molecule has 0 unspecified atom stereocenters. The molecular weight excluding hydrogens is 343 g/mol. The Morgan fingerprint density at radius 3 is 2.68 bits per heavy atom. The molecule has 3 aromatic rings. The van der Waals surface area contributed by atoms with Crippen LogP contribution in [0.1, 0.15) is 5.56 Å². The lowest BCUT2D eigenvalue weighted by Crippen LogP contribution is -2.09. The molecule has 0 bridgehead atoms. The van der Waals surface area contributed by atoms with Gasteiger partial charge in [0.05, 0.1) is 19.0 Å². The van der Waals surface area contributed by atoms with Gasteiger partial charge in [0.1, 0.15) is 0 Å². The summed E-state index contributed by atoms with van der Waals surface area (Å²) in [6.45, 7) is 0.643. The summed E-state index contributed by atoms with van der Waals surface area (Å²) in [6.07, 6.45) is 2.29. The SMILES string of the molecule is COc1ccc(-c2cnnc(NCCc3ccc(Cl)cc3)n2)cc1F. The van der Waals surface area contributed by atoms with Crippen molar-refractivity contribution in [2.24, 2.45) is 0 Å². The second-order valence-corrected chi connectivity index (χ2v) is 5.75. The lowest BCUT2D eigenvalue weighted by Gasteiger charge is -2.07. The average Bonchev–Trinajstić information content (AvgIpc) is 2.63. The third-order valence-corrected chi connectivity index (χ3v) is 3.87. The Bertz CT molecular complexity index is 858. The van der Waals surface area contributed by atoms with Crippen molar-refractivity contribution in [2.45, 2.75) is 6.42 Å². The highest BCUT2D eigenvalue weighted by Crippen LogP contribution is 2.24. The molecule has 0 fully saturated rings. The molecule has 0 saturated heterocycles. The number of rotatable bonds is 6. The monoisotopic (exact) mass is 358 g/mol. The minimum absolute atomic E-state index is 0.187. The van der Waals surface area contributed by atoms with Gasteiger partial charge in [-0.25, -0.2) is 9.37 Å². The zero-order chi connectivity index (χ0) is 17.6. The molecule has 0 aliphatic rings. The first-order chi connectivity index (χ1) is 12.2. The topological polar surface area (TPSA) is 59.9 Å². The molecule has 0 saturated carbocycles. The first kappa shape index (κ1) is 17.1. The van der Waals surface area contributed by atoms with Gasteiger partial charge in [-0.05, 0) is 42.3 Å². The fourth-order valence-electron chi connectivity index (χ4n) is 2.31. The molecule has 7 heteroatoms. The van der Waals surface area contributed by atoms with E-state index in [-0.39, 0.29) is 5.75 Å². The number of benzene rings is 2. The maximum absolute atomic E-state index is 13.8. The molecular formula is C18H16ClFN4O. The van der Waals surface area contributed by atoms with Crippen LogP contribution in [0.5, 0.6) is 5.75 Å². The van der Waals surface area contributed by atoms with Crippen molar-refractivity contribution in [1.82, 2.24) is 15.2 Å². The lowest BCUT2D eigenvalue weighted by atomic mass is 10.1. The van der Waals surface area contributed by atoms with Gasteiger partial charge in [-0.3, -0.25) is 0 Å². The Kier molecular flexibility index (Phi) is 5.40. The van der Waals surface area contributed by atoms with Crippen LogP contribution in [0.25, 0.3) is 11.3 Å². The second kappa shape index (κ2) is 7.90. The number of nitrogens with one attached hydrogen (secondary N) is 1. The summed E-state index contributed by atoms with van der Waals surface area (Å²) in [5.74, 6) is 0.130. The Morgan fingerprint density at radius 1 is 1.16 bits per heavy atom. The largest absolute Gasteiger partial charge is 0.494 e. The van der Waals surface area contributed by atoms with Crippen molar-refractivity contribution in [3.63, 3.8) is 0 Å². The summed E-state index contributed by atoms with van der Waals surface area (Å²) >= 11 is 5.87. The van der Waals surface area contributed by atoms with Gasteiger partial charge in [-0.1, -0.05) is 23.7 Å².